The number of rotatable bonds is 4. The molecule has 0 bridgehead atoms. The van der Waals surface area contributed by atoms with Crippen molar-refractivity contribution in [1.82, 2.24) is 4.98 Å². The molecule has 1 aromatic carbocycles. The molecule has 0 radical (unpaired) electrons. The number of aryl methyl sites for hydroxylation is 1. The Morgan fingerprint density at radius 3 is 2.84 bits per heavy atom. The van der Waals surface area contributed by atoms with Crippen LogP contribution in [0.25, 0.3) is 0 Å². The van der Waals surface area contributed by atoms with Crippen LogP contribution in [0, 0.1) is 12.7 Å². The highest BCUT2D eigenvalue weighted by molar-refractivity contribution is 7.80. The fourth-order valence-electron chi connectivity index (χ4n) is 1.85. The maximum absolute atomic E-state index is 13.8. The molecule has 0 aliphatic rings. The molecule has 0 saturated carbocycles. The Bertz CT molecular complexity index is 610. The number of thiazole rings is 1. The van der Waals surface area contributed by atoms with E-state index in [0.29, 0.717) is 17.8 Å². The summed E-state index contributed by atoms with van der Waals surface area (Å²) >= 11 is 6.51. The Balaban J connectivity index is 2.34. The third-order valence-corrected chi connectivity index (χ3v) is 4.00. The Labute approximate surface area is 120 Å². The highest BCUT2D eigenvalue weighted by Gasteiger charge is 2.15. The number of benzene rings is 1. The average Bonchev–Trinajstić information content (AvgIpc) is 2.74. The standard InChI is InChI=1S/C13H14FN3S2/c1-8-11(19-7-16-8)6-17(2)10-5-3-4-9(14)12(10)13(15)18/h3-5,7H,6H2,1-2H3,(H2,15,18). The molecular weight excluding hydrogens is 281 g/mol. The summed E-state index contributed by atoms with van der Waals surface area (Å²) in [5.74, 6) is -0.391. The van der Waals surface area contributed by atoms with Gasteiger partial charge in [-0.15, -0.1) is 11.3 Å². The molecule has 0 spiro atoms. The molecule has 0 unspecified atom stereocenters. The van der Waals surface area contributed by atoms with Crippen molar-refractivity contribution < 1.29 is 4.39 Å². The van der Waals surface area contributed by atoms with E-state index in [4.69, 9.17) is 18.0 Å². The third kappa shape index (κ3) is 2.90. The number of hydrogen-bond acceptors (Lipinski definition) is 4. The second-order valence-corrected chi connectivity index (χ2v) is 5.59. The summed E-state index contributed by atoms with van der Waals surface area (Å²) < 4.78 is 13.8. The summed E-state index contributed by atoms with van der Waals surface area (Å²) in [5.41, 5.74) is 9.39. The lowest BCUT2D eigenvalue weighted by Gasteiger charge is -2.22. The Morgan fingerprint density at radius 1 is 1.53 bits per heavy atom. The zero-order chi connectivity index (χ0) is 14.0. The Hall–Kier alpha value is -1.53. The summed E-state index contributed by atoms with van der Waals surface area (Å²) in [6.45, 7) is 2.61. The van der Waals surface area contributed by atoms with Crippen LogP contribution in [0.1, 0.15) is 16.1 Å². The minimum absolute atomic E-state index is 0.0703. The van der Waals surface area contributed by atoms with E-state index in [9.17, 15) is 4.39 Å². The van der Waals surface area contributed by atoms with Gasteiger partial charge >= 0.3 is 0 Å². The lowest BCUT2D eigenvalue weighted by molar-refractivity contribution is 0.624. The van der Waals surface area contributed by atoms with Crippen LogP contribution in [0.2, 0.25) is 0 Å². The molecule has 0 aliphatic heterocycles. The van der Waals surface area contributed by atoms with Gasteiger partial charge in [-0.2, -0.15) is 0 Å². The first-order valence-corrected chi connectivity index (χ1v) is 6.98. The quantitative estimate of drug-likeness (QED) is 0.881. The van der Waals surface area contributed by atoms with Gasteiger partial charge in [0, 0.05) is 17.6 Å². The SMILES string of the molecule is Cc1ncsc1CN(C)c1cccc(F)c1C(N)=S. The topological polar surface area (TPSA) is 42.2 Å². The molecule has 0 amide bonds. The molecular formula is C13H14FN3S2. The van der Waals surface area contributed by atoms with Crippen LogP contribution in [-0.4, -0.2) is 17.0 Å². The van der Waals surface area contributed by atoms with Gasteiger partial charge in [0.2, 0.25) is 0 Å². The molecule has 3 nitrogen and oxygen atoms in total. The average molecular weight is 295 g/mol. The van der Waals surface area contributed by atoms with Crippen LogP contribution in [0.3, 0.4) is 0 Å². The minimum Gasteiger partial charge on any atom is -0.389 e. The van der Waals surface area contributed by atoms with Crippen molar-refractivity contribution in [2.45, 2.75) is 13.5 Å². The molecule has 1 heterocycles. The molecule has 2 rings (SSSR count). The first-order chi connectivity index (χ1) is 9.00. The number of nitrogens with zero attached hydrogens (tertiary/aromatic N) is 2. The maximum Gasteiger partial charge on any atom is 0.135 e. The number of nitrogens with two attached hydrogens (primary N) is 1. The summed E-state index contributed by atoms with van der Waals surface area (Å²) in [5, 5.41) is 0. The van der Waals surface area contributed by atoms with E-state index in [-0.39, 0.29) is 4.99 Å². The van der Waals surface area contributed by atoms with Gasteiger partial charge in [-0.1, -0.05) is 18.3 Å². The van der Waals surface area contributed by atoms with Gasteiger partial charge in [-0.25, -0.2) is 9.37 Å². The lowest BCUT2D eigenvalue weighted by Crippen LogP contribution is -2.22. The van der Waals surface area contributed by atoms with E-state index in [0.717, 1.165) is 10.6 Å². The van der Waals surface area contributed by atoms with Crippen LogP contribution < -0.4 is 10.6 Å². The Kier molecular flexibility index (Phi) is 4.11. The number of thiocarbonyl (C=S) groups is 1. The van der Waals surface area contributed by atoms with Crippen molar-refractivity contribution in [2.75, 3.05) is 11.9 Å². The van der Waals surface area contributed by atoms with Crippen LogP contribution in [0.5, 0.6) is 0 Å². The van der Waals surface area contributed by atoms with Gasteiger partial charge in [0.1, 0.15) is 10.8 Å². The summed E-state index contributed by atoms with van der Waals surface area (Å²) in [6, 6.07) is 4.83. The number of halogens is 1. The van der Waals surface area contributed by atoms with Gasteiger partial charge in [0.05, 0.1) is 23.3 Å². The number of anilines is 1. The van der Waals surface area contributed by atoms with Crippen LogP contribution >= 0.6 is 23.6 Å². The second kappa shape index (κ2) is 5.63. The maximum atomic E-state index is 13.8. The second-order valence-electron chi connectivity index (χ2n) is 4.22. The molecule has 1 aromatic heterocycles. The Morgan fingerprint density at radius 2 is 2.26 bits per heavy atom. The van der Waals surface area contributed by atoms with E-state index in [1.165, 1.54) is 6.07 Å². The van der Waals surface area contributed by atoms with Crippen molar-refractivity contribution in [3.8, 4) is 0 Å². The zero-order valence-corrected chi connectivity index (χ0v) is 12.3. The highest BCUT2D eigenvalue weighted by Crippen LogP contribution is 2.25. The predicted molar refractivity (Wildman–Crippen MR) is 81.2 cm³/mol. The van der Waals surface area contributed by atoms with E-state index in [1.54, 1.807) is 22.9 Å². The van der Waals surface area contributed by atoms with Crippen LogP contribution in [0.4, 0.5) is 10.1 Å². The normalized spacial score (nSPS) is 10.5. The number of hydrogen-bond donors (Lipinski definition) is 1. The first-order valence-electron chi connectivity index (χ1n) is 5.69. The smallest absolute Gasteiger partial charge is 0.135 e. The van der Waals surface area contributed by atoms with E-state index in [1.807, 2.05) is 24.9 Å². The largest absolute Gasteiger partial charge is 0.389 e. The zero-order valence-electron chi connectivity index (χ0n) is 10.7. The van der Waals surface area contributed by atoms with Gasteiger partial charge in [-0.05, 0) is 19.1 Å². The predicted octanol–water partition coefficient (Wildman–Crippen LogP) is 2.86. The summed E-state index contributed by atoms with van der Waals surface area (Å²) in [6.07, 6.45) is 0. The van der Waals surface area contributed by atoms with E-state index in [2.05, 4.69) is 4.98 Å². The molecule has 0 saturated heterocycles. The van der Waals surface area contributed by atoms with Crippen LogP contribution in [-0.2, 0) is 6.54 Å². The molecule has 0 aliphatic carbocycles. The molecule has 0 fully saturated rings. The van der Waals surface area contributed by atoms with Gasteiger partial charge < -0.3 is 10.6 Å². The van der Waals surface area contributed by atoms with Crippen molar-refractivity contribution in [3.63, 3.8) is 0 Å². The molecule has 2 N–H and O–H groups in total. The van der Waals surface area contributed by atoms with Crippen molar-refractivity contribution in [1.29, 1.82) is 0 Å². The van der Waals surface area contributed by atoms with E-state index >= 15 is 0 Å². The summed E-state index contributed by atoms with van der Waals surface area (Å²) in [7, 11) is 1.88. The molecule has 0 atom stereocenters. The lowest BCUT2D eigenvalue weighted by atomic mass is 10.1. The van der Waals surface area contributed by atoms with Gasteiger partial charge in [0.15, 0.2) is 0 Å². The van der Waals surface area contributed by atoms with Crippen LogP contribution in [0.15, 0.2) is 23.7 Å². The molecule has 100 valence electrons. The van der Waals surface area contributed by atoms with Crippen molar-refractivity contribution in [3.05, 3.63) is 45.7 Å². The molecule has 6 heteroatoms. The fraction of sp³-hybridized carbons (Fsp3) is 0.231. The highest BCUT2D eigenvalue weighted by atomic mass is 32.1. The van der Waals surface area contributed by atoms with E-state index < -0.39 is 5.82 Å². The number of aromatic nitrogens is 1. The third-order valence-electron chi connectivity index (χ3n) is 2.87. The fourth-order valence-corrected chi connectivity index (χ4v) is 2.88. The monoisotopic (exact) mass is 295 g/mol. The van der Waals surface area contributed by atoms with Crippen molar-refractivity contribution >= 4 is 34.2 Å². The summed E-state index contributed by atoms with van der Waals surface area (Å²) in [4.78, 5) is 7.34. The molecule has 19 heavy (non-hydrogen) atoms. The first kappa shape index (κ1) is 13.9. The molecule has 2 aromatic rings. The minimum atomic E-state index is -0.391. The van der Waals surface area contributed by atoms with Gasteiger partial charge in [0.25, 0.3) is 0 Å². The van der Waals surface area contributed by atoms with Crippen molar-refractivity contribution in [2.24, 2.45) is 5.73 Å². The van der Waals surface area contributed by atoms with Gasteiger partial charge in [-0.3, -0.25) is 0 Å².